The second-order valence-corrected chi connectivity index (χ2v) is 6.26. The van der Waals surface area contributed by atoms with Crippen LogP contribution in [0.2, 0.25) is 0 Å². The summed E-state index contributed by atoms with van der Waals surface area (Å²) in [5.41, 5.74) is 0. The van der Waals surface area contributed by atoms with Crippen molar-refractivity contribution in [1.29, 1.82) is 0 Å². The van der Waals surface area contributed by atoms with Crippen LogP contribution in [0.25, 0.3) is 0 Å². The molecular formula is C15H26N2O2. The highest BCUT2D eigenvalue weighted by molar-refractivity contribution is 5.97. The fraction of sp³-hybridized carbons (Fsp3) is 0.867. The van der Waals surface area contributed by atoms with Gasteiger partial charge in [-0.1, -0.05) is 27.2 Å². The minimum absolute atomic E-state index is 0.164. The lowest BCUT2D eigenvalue weighted by Gasteiger charge is -2.46. The first-order chi connectivity index (χ1) is 8.99. The average Bonchev–Trinajstić information content (AvgIpc) is 2.82. The highest BCUT2D eigenvalue weighted by atomic mass is 16.2. The Hall–Kier alpha value is -1.06. The Bertz CT molecular complexity index is 367. The molecule has 0 aliphatic carbocycles. The molecule has 2 aliphatic rings. The van der Waals surface area contributed by atoms with Crippen molar-refractivity contribution in [3.05, 3.63) is 0 Å². The molecule has 2 rings (SSSR count). The molecule has 4 nitrogen and oxygen atoms in total. The topological polar surface area (TPSA) is 40.6 Å². The van der Waals surface area contributed by atoms with Gasteiger partial charge >= 0.3 is 0 Å². The van der Waals surface area contributed by atoms with Crippen LogP contribution in [0.3, 0.4) is 0 Å². The van der Waals surface area contributed by atoms with E-state index < -0.39 is 0 Å². The first-order valence-electron chi connectivity index (χ1n) is 7.61. The Morgan fingerprint density at radius 3 is 2.47 bits per heavy atom. The summed E-state index contributed by atoms with van der Waals surface area (Å²) in [5.74, 6) is 0.522. The summed E-state index contributed by atoms with van der Waals surface area (Å²) in [6.07, 6.45) is 3.81. The number of nitrogens with zero attached hydrogens (tertiary/aromatic N) is 2. The number of rotatable bonds is 4. The highest BCUT2D eigenvalue weighted by Crippen LogP contribution is 2.31. The molecule has 0 aromatic carbocycles. The molecule has 108 valence electrons. The molecule has 3 atom stereocenters. The van der Waals surface area contributed by atoms with E-state index >= 15 is 0 Å². The number of hydrogen-bond acceptors (Lipinski definition) is 2. The van der Waals surface area contributed by atoms with Gasteiger partial charge < -0.3 is 9.80 Å². The van der Waals surface area contributed by atoms with Crippen LogP contribution < -0.4 is 0 Å². The fourth-order valence-corrected chi connectivity index (χ4v) is 3.54. The van der Waals surface area contributed by atoms with Crippen LogP contribution in [0.15, 0.2) is 0 Å². The van der Waals surface area contributed by atoms with Gasteiger partial charge in [-0.3, -0.25) is 9.59 Å². The average molecular weight is 266 g/mol. The Kier molecular flexibility index (Phi) is 4.16. The number of hydrogen-bond donors (Lipinski definition) is 0. The molecule has 2 saturated heterocycles. The quantitative estimate of drug-likeness (QED) is 0.781. The van der Waals surface area contributed by atoms with E-state index in [9.17, 15) is 9.59 Å². The second kappa shape index (κ2) is 5.51. The van der Waals surface area contributed by atoms with E-state index in [1.807, 2.05) is 23.6 Å². The molecule has 2 aliphatic heterocycles. The maximum Gasteiger partial charge on any atom is 0.246 e. The van der Waals surface area contributed by atoms with Crippen LogP contribution in [-0.2, 0) is 9.59 Å². The van der Waals surface area contributed by atoms with E-state index in [1.165, 1.54) is 0 Å². The lowest BCUT2D eigenvalue weighted by atomic mass is 9.93. The number of amides is 2. The van der Waals surface area contributed by atoms with Crippen LogP contribution in [-0.4, -0.2) is 46.3 Å². The molecular weight excluding hydrogens is 240 g/mol. The van der Waals surface area contributed by atoms with Crippen LogP contribution in [0.5, 0.6) is 0 Å². The van der Waals surface area contributed by atoms with Gasteiger partial charge in [-0.05, 0) is 32.1 Å². The van der Waals surface area contributed by atoms with Crippen molar-refractivity contribution in [1.82, 2.24) is 9.80 Å². The predicted molar refractivity (Wildman–Crippen MR) is 74.6 cm³/mol. The fourth-order valence-electron chi connectivity index (χ4n) is 3.54. The molecule has 2 fully saturated rings. The zero-order valence-corrected chi connectivity index (χ0v) is 12.6. The maximum atomic E-state index is 12.7. The van der Waals surface area contributed by atoms with Gasteiger partial charge in [-0.2, -0.15) is 0 Å². The number of fused-ring (bicyclic) bond motifs is 1. The Morgan fingerprint density at radius 2 is 1.89 bits per heavy atom. The Morgan fingerprint density at radius 1 is 1.21 bits per heavy atom. The molecule has 2 heterocycles. The van der Waals surface area contributed by atoms with Crippen LogP contribution >= 0.6 is 0 Å². The van der Waals surface area contributed by atoms with E-state index in [-0.39, 0.29) is 35.9 Å². The van der Waals surface area contributed by atoms with Gasteiger partial charge in [0.25, 0.3) is 0 Å². The standard InChI is InChI=1S/C15H26N2O2/c1-5-7-11(4)17-13(10(2)3)15(19)16-9-6-8-12(16)14(17)18/h10-13H,5-9H2,1-4H3. The minimum Gasteiger partial charge on any atom is -0.329 e. The molecule has 3 unspecified atom stereocenters. The second-order valence-electron chi connectivity index (χ2n) is 6.26. The van der Waals surface area contributed by atoms with E-state index in [4.69, 9.17) is 0 Å². The minimum atomic E-state index is -0.261. The number of piperazine rings is 1. The van der Waals surface area contributed by atoms with Gasteiger partial charge in [0.15, 0.2) is 0 Å². The van der Waals surface area contributed by atoms with Gasteiger partial charge in [-0.25, -0.2) is 0 Å². The molecule has 4 heteroatoms. The summed E-state index contributed by atoms with van der Waals surface area (Å²) in [5, 5.41) is 0. The van der Waals surface area contributed by atoms with Crippen LogP contribution in [0.1, 0.15) is 53.4 Å². The third kappa shape index (κ3) is 2.37. The molecule has 0 aromatic rings. The normalized spacial score (nSPS) is 29.1. The van der Waals surface area contributed by atoms with Gasteiger partial charge in [0, 0.05) is 12.6 Å². The van der Waals surface area contributed by atoms with Gasteiger partial charge in [0.1, 0.15) is 12.1 Å². The van der Waals surface area contributed by atoms with Gasteiger partial charge in [0.2, 0.25) is 11.8 Å². The van der Waals surface area contributed by atoms with Crippen molar-refractivity contribution in [2.24, 2.45) is 5.92 Å². The molecule has 0 spiro atoms. The van der Waals surface area contributed by atoms with E-state index in [1.54, 1.807) is 0 Å². The third-order valence-corrected chi connectivity index (χ3v) is 4.44. The van der Waals surface area contributed by atoms with Crippen molar-refractivity contribution >= 4 is 11.8 Å². The Balaban J connectivity index is 2.31. The van der Waals surface area contributed by atoms with Gasteiger partial charge in [0.05, 0.1) is 0 Å². The first-order valence-corrected chi connectivity index (χ1v) is 7.61. The highest BCUT2D eigenvalue weighted by Gasteiger charge is 2.49. The van der Waals surface area contributed by atoms with Crippen molar-refractivity contribution in [2.45, 2.75) is 71.5 Å². The smallest absolute Gasteiger partial charge is 0.246 e. The van der Waals surface area contributed by atoms with Crippen molar-refractivity contribution < 1.29 is 9.59 Å². The summed E-state index contributed by atoms with van der Waals surface area (Å²) in [4.78, 5) is 29.1. The summed E-state index contributed by atoms with van der Waals surface area (Å²) < 4.78 is 0. The molecule has 2 amide bonds. The SMILES string of the molecule is CCCC(C)N1C(=O)C2CCCN2C(=O)C1C(C)C. The first kappa shape index (κ1) is 14.4. The number of carbonyl (C=O) groups excluding carboxylic acids is 2. The zero-order valence-electron chi connectivity index (χ0n) is 12.6. The molecule has 0 saturated carbocycles. The molecule has 0 aromatic heterocycles. The van der Waals surface area contributed by atoms with Crippen molar-refractivity contribution in [3.63, 3.8) is 0 Å². The lowest BCUT2D eigenvalue weighted by Crippen LogP contribution is -2.66. The molecule has 19 heavy (non-hydrogen) atoms. The maximum absolute atomic E-state index is 12.7. The summed E-state index contributed by atoms with van der Waals surface area (Å²) in [6.45, 7) is 9.04. The van der Waals surface area contributed by atoms with E-state index in [0.717, 1.165) is 32.2 Å². The van der Waals surface area contributed by atoms with Crippen molar-refractivity contribution in [2.75, 3.05) is 6.54 Å². The summed E-state index contributed by atoms with van der Waals surface area (Å²) >= 11 is 0. The lowest BCUT2D eigenvalue weighted by molar-refractivity contribution is -0.164. The molecule has 0 bridgehead atoms. The number of carbonyl (C=O) groups is 2. The van der Waals surface area contributed by atoms with E-state index in [2.05, 4.69) is 13.8 Å². The zero-order chi connectivity index (χ0) is 14.2. The predicted octanol–water partition coefficient (Wildman–Crippen LogP) is 2.03. The van der Waals surface area contributed by atoms with Gasteiger partial charge in [-0.15, -0.1) is 0 Å². The van der Waals surface area contributed by atoms with Crippen LogP contribution in [0.4, 0.5) is 0 Å². The molecule has 0 radical (unpaired) electrons. The van der Waals surface area contributed by atoms with E-state index in [0.29, 0.717) is 0 Å². The van der Waals surface area contributed by atoms with Crippen LogP contribution in [0, 0.1) is 5.92 Å². The largest absolute Gasteiger partial charge is 0.329 e. The summed E-state index contributed by atoms with van der Waals surface area (Å²) in [7, 11) is 0. The third-order valence-electron chi connectivity index (χ3n) is 4.44. The Labute approximate surface area is 116 Å². The molecule has 0 N–H and O–H groups in total. The monoisotopic (exact) mass is 266 g/mol. The van der Waals surface area contributed by atoms with Crippen molar-refractivity contribution in [3.8, 4) is 0 Å². The summed E-state index contributed by atoms with van der Waals surface area (Å²) in [6, 6.07) is -0.276.